The fraction of sp³-hybridized carbons (Fsp3) is 0.471. The molecule has 0 atom stereocenters. The maximum Gasteiger partial charge on any atom is 0.228 e. The molecule has 136 valence electrons. The van der Waals surface area contributed by atoms with Crippen molar-refractivity contribution in [1.82, 2.24) is 4.90 Å². The molecule has 1 aliphatic heterocycles. The minimum atomic E-state index is -0.336. The summed E-state index contributed by atoms with van der Waals surface area (Å²) in [5, 5.41) is 0. The van der Waals surface area contributed by atoms with Crippen LogP contribution in [0.1, 0.15) is 20.8 Å². The first-order chi connectivity index (χ1) is 11.7. The van der Waals surface area contributed by atoms with E-state index < -0.39 is 0 Å². The van der Waals surface area contributed by atoms with Crippen molar-refractivity contribution in [3.8, 4) is 0 Å². The van der Waals surface area contributed by atoms with Gasteiger partial charge in [0.05, 0.1) is 5.69 Å². The molecule has 1 saturated heterocycles. The van der Waals surface area contributed by atoms with Crippen LogP contribution in [0.5, 0.6) is 0 Å². The van der Waals surface area contributed by atoms with Crippen LogP contribution >= 0.6 is 0 Å². The molecule has 1 amide bonds. The van der Waals surface area contributed by atoms with E-state index in [2.05, 4.69) is 14.9 Å². The van der Waals surface area contributed by atoms with E-state index in [9.17, 15) is 4.79 Å². The number of hydrogen-bond donors (Lipinski definition) is 3. The zero-order valence-electron chi connectivity index (χ0n) is 15.1. The Labute approximate surface area is 148 Å². The average Bonchev–Trinajstić information content (AvgIpc) is 2.53. The topological polar surface area (TPSA) is 126 Å². The number of hydrogen-bond acceptors (Lipinski definition) is 3. The normalized spacial score (nSPS) is 15.9. The van der Waals surface area contributed by atoms with Crippen molar-refractivity contribution in [2.24, 2.45) is 32.6 Å². The van der Waals surface area contributed by atoms with Crippen LogP contribution in [0, 0.1) is 5.41 Å². The molecule has 0 saturated carbocycles. The Morgan fingerprint density at radius 3 is 2.04 bits per heavy atom. The van der Waals surface area contributed by atoms with E-state index in [0.29, 0.717) is 5.69 Å². The molecule has 0 unspecified atom stereocenters. The van der Waals surface area contributed by atoms with Gasteiger partial charge in [-0.1, -0.05) is 20.8 Å². The molecule has 1 aromatic rings. The lowest BCUT2D eigenvalue weighted by molar-refractivity contribution is -0.139. The molecule has 8 nitrogen and oxygen atoms in total. The number of carbonyl (C=O) groups is 1. The number of anilines is 1. The van der Waals surface area contributed by atoms with Crippen molar-refractivity contribution in [1.29, 1.82) is 0 Å². The Balaban J connectivity index is 1.98. The number of carbonyl (C=O) groups excluding carboxylic acids is 1. The highest BCUT2D eigenvalue weighted by Gasteiger charge is 2.29. The smallest absolute Gasteiger partial charge is 0.228 e. The van der Waals surface area contributed by atoms with Gasteiger partial charge in [-0.15, -0.1) is 0 Å². The molecule has 0 radical (unpaired) electrons. The van der Waals surface area contributed by atoms with E-state index >= 15 is 0 Å². The Hall–Kier alpha value is -2.77. The highest BCUT2D eigenvalue weighted by atomic mass is 16.2. The molecule has 0 spiro atoms. The Morgan fingerprint density at radius 2 is 1.56 bits per heavy atom. The summed E-state index contributed by atoms with van der Waals surface area (Å²) in [6, 6.07) is 7.67. The summed E-state index contributed by atoms with van der Waals surface area (Å²) in [6.07, 6.45) is 0. The fourth-order valence-electron chi connectivity index (χ4n) is 2.67. The van der Waals surface area contributed by atoms with Crippen LogP contribution in [0.25, 0.3) is 0 Å². The molecule has 6 N–H and O–H groups in total. The quantitative estimate of drug-likeness (QED) is 0.534. The zero-order chi connectivity index (χ0) is 18.6. The number of benzene rings is 1. The van der Waals surface area contributed by atoms with E-state index in [1.54, 1.807) is 0 Å². The van der Waals surface area contributed by atoms with Gasteiger partial charge in [-0.3, -0.25) is 4.79 Å². The molecule has 2 rings (SSSR count). The lowest BCUT2D eigenvalue weighted by Gasteiger charge is -2.38. The Morgan fingerprint density at radius 1 is 1.00 bits per heavy atom. The van der Waals surface area contributed by atoms with E-state index in [4.69, 9.17) is 17.2 Å². The first kappa shape index (κ1) is 18.6. The van der Waals surface area contributed by atoms with Gasteiger partial charge in [-0.05, 0) is 24.3 Å². The molecular weight excluding hydrogens is 318 g/mol. The second-order valence-corrected chi connectivity index (χ2v) is 7.05. The third-order valence-corrected chi connectivity index (χ3v) is 3.91. The van der Waals surface area contributed by atoms with Crippen LogP contribution in [0.15, 0.2) is 34.3 Å². The fourth-order valence-corrected chi connectivity index (χ4v) is 2.67. The molecule has 0 aromatic heterocycles. The number of nitrogens with zero attached hydrogens (tertiary/aromatic N) is 4. The SMILES string of the molecule is CC(C)(C)C(=O)N1CCN(c2ccc(N=C(N)N=C(N)N)cc2)CC1. The molecular formula is C17H27N7O. The van der Waals surface area contributed by atoms with Gasteiger partial charge in [0.15, 0.2) is 5.96 Å². The summed E-state index contributed by atoms with van der Waals surface area (Å²) >= 11 is 0. The van der Waals surface area contributed by atoms with Crippen molar-refractivity contribution in [2.45, 2.75) is 20.8 Å². The van der Waals surface area contributed by atoms with Crippen molar-refractivity contribution in [3.63, 3.8) is 0 Å². The van der Waals surface area contributed by atoms with Crippen molar-refractivity contribution >= 4 is 29.2 Å². The van der Waals surface area contributed by atoms with Crippen molar-refractivity contribution < 1.29 is 4.79 Å². The number of amides is 1. The third kappa shape index (κ3) is 5.10. The predicted molar refractivity (Wildman–Crippen MR) is 102 cm³/mol. The maximum absolute atomic E-state index is 12.3. The van der Waals surface area contributed by atoms with Crippen LogP contribution in [0.2, 0.25) is 0 Å². The lowest BCUT2D eigenvalue weighted by Crippen LogP contribution is -2.51. The van der Waals surface area contributed by atoms with Gasteiger partial charge >= 0.3 is 0 Å². The molecule has 1 aliphatic rings. The van der Waals surface area contributed by atoms with Crippen LogP contribution in [-0.4, -0.2) is 48.9 Å². The molecule has 1 aromatic carbocycles. The van der Waals surface area contributed by atoms with E-state index in [-0.39, 0.29) is 23.2 Å². The molecule has 8 heteroatoms. The number of aliphatic imine (C=N–C) groups is 2. The van der Waals surface area contributed by atoms with Crippen molar-refractivity contribution in [3.05, 3.63) is 24.3 Å². The standard InChI is InChI=1S/C17H27N7O/c1-17(2,3)14(25)24-10-8-23(9-11-24)13-6-4-12(5-7-13)21-16(20)22-15(18)19/h4-7H,8-11H2,1-3H3,(H6,18,19,20,21,22). The average molecular weight is 345 g/mol. The largest absolute Gasteiger partial charge is 0.370 e. The summed E-state index contributed by atoms with van der Waals surface area (Å²) in [4.78, 5) is 24.3. The van der Waals surface area contributed by atoms with Crippen molar-refractivity contribution in [2.75, 3.05) is 31.1 Å². The highest BCUT2D eigenvalue weighted by molar-refractivity contribution is 5.93. The highest BCUT2D eigenvalue weighted by Crippen LogP contribution is 2.23. The Kier molecular flexibility index (Phi) is 5.51. The summed E-state index contributed by atoms with van der Waals surface area (Å²) in [5.74, 6) is 0.0923. The summed E-state index contributed by atoms with van der Waals surface area (Å²) in [7, 11) is 0. The monoisotopic (exact) mass is 345 g/mol. The second-order valence-electron chi connectivity index (χ2n) is 7.05. The van der Waals surface area contributed by atoms with E-state index in [1.165, 1.54) is 0 Å². The minimum Gasteiger partial charge on any atom is -0.370 e. The lowest BCUT2D eigenvalue weighted by atomic mass is 9.94. The third-order valence-electron chi connectivity index (χ3n) is 3.91. The maximum atomic E-state index is 12.3. The molecule has 1 fully saturated rings. The predicted octanol–water partition coefficient (Wildman–Crippen LogP) is 0.601. The number of piperazine rings is 1. The molecule has 25 heavy (non-hydrogen) atoms. The summed E-state index contributed by atoms with van der Waals surface area (Å²) in [5.41, 5.74) is 17.6. The van der Waals surface area contributed by atoms with E-state index in [1.807, 2.05) is 49.9 Å². The molecule has 0 aliphatic carbocycles. The number of rotatable bonds is 2. The van der Waals surface area contributed by atoms with Gasteiger partial charge in [0.2, 0.25) is 11.9 Å². The van der Waals surface area contributed by atoms with Crippen LogP contribution in [0.3, 0.4) is 0 Å². The van der Waals surface area contributed by atoms with Gasteiger partial charge in [0.25, 0.3) is 0 Å². The van der Waals surface area contributed by atoms with Gasteiger partial charge in [-0.2, -0.15) is 4.99 Å². The Bertz CT molecular complexity index is 661. The summed E-state index contributed by atoms with van der Waals surface area (Å²) in [6.45, 7) is 8.93. The van der Waals surface area contributed by atoms with Gasteiger partial charge in [-0.25, -0.2) is 4.99 Å². The van der Waals surface area contributed by atoms with E-state index in [0.717, 1.165) is 31.9 Å². The van der Waals surface area contributed by atoms with Gasteiger partial charge < -0.3 is 27.0 Å². The van der Waals surface area contributed by atoms with Crippen LogP contribution in [0.4, 0.5) is 11.4 Å². The first-order valence-corrected chi connectivity index (χ1v) is 8.25. The van der Waals surface area contributed by atoms with Crippen LogP contribution < -0.4 is 22.1 Å². The summed E-state index contributed by atoms with van der Waals surface area (Å²) < 4.78 is 0. The number of guanidine groups is 2. The minimum absolute atomic E-state index is 0.0158. The first-order valence-electron chi connectivity index (χ1n) is 8.25. The molecule has 1 heterocycles. The second kappa shape index (κ2) is 7.42. The van der Waals surface area contributed by atoms with Gasteiger partial charge in [0.1, 0.15) is 0 Å². The van der Waals surface area contributed by atoms with Crippen LogP contribution in [-0.2, 0) is 4.79 Å². The zero-order valence-corrected chi connectivity index (χ0v) is 15.1. The van der Waals surface area contributed by atoms with Gasteiger partial charge in [0, 0.05) is 37.3 Å². The number of nitrogens with two attached hydrogens (primary N) is 3. The molecule has 0 bridgehead atoms.